The third-order valence-electron chi connectivity index (χ3n) is 3.69. The molecule has 1 aromatic carbocycles. The van der Waals surface area contributed by atoms with E-state index in [2.05, 4.69) is 42.2 Å². The lowest BCUT2D eigenvalue weighted by Crippen LogP contribution is -2.24. The smallest absolute Gasteiger partial charge is 0.0412 e. The fourth-order valence-corrected chi connectivity index (χ4v) is 4.24. The predicted molar refractivity (Wildman–Crippen MR) is 87.2 cm³/mol. The van der Waals surface area contributed by atoms with Crippen LogP contribution in [0.25, 0.3) is 0 Å². The highest BCUT2D eigenvalue weighted by molar-refractivity contribution is 7.99. The maximum absolute atomic E-state index is 6.12. The van der Waals surface area contributed by atoms with Gasteiger partial charge in [-0.3, -0.25) is 0 Å². The fourth-order valence-electron chi connectivity index (χ4n) is 2.60. The highest BCUT2D eigenvalue weighted by atomic mass is 35.5. The monoisotopic (exact) mass is 297 g/mol. The lowest BCUT2D eigenvalue weighted by Gasteiger charge is -2.21. The first-order valence-electron chi connectivity index (χ1n) is 7.40. The van der Waals surface area contributed by atoms with Crippen molar-refractivity contribution in [1.29, 1.82) is 0 Å². The summed E-state index contributed by atoms with van der Waals surface area (Å²) in [6.07, 6.45) is 6.82. The molecule has 0 radical (unpaired) electrons. The number of halogens is 1. The zero-order chi connectivity index (χ0) is 13.5. The van der Waals surface area contributed by atoms with Gasteiger partial charge in [0.1, 0.15) is 0 Å². The van der Waals surface area contributed by atoms with E-state index in [-0.39, 0.29) is 0 Å². The molecule has 1 N–H and O–H groups in total. The van der Waals surface area contributed by atoms with Crippen molar-refractivity contribution in [2.75, 3.05) is 12.3 Å². The van der Waals surface area contributed by atoms with Crippen LogP contribution in [0.1, 0.15) is 50.6 Å². The van der Waals surface area contributed by atoms with Crippen LogP contribution in [0.2, 0.25) is 5.02 Å². The highest BCUT2D eigenvalue weighted by Crippen LogP contribution is 2.32. The Morgan fingerprint density at radius 2 is 2.16 bits per heavy atom. The van der Waals surface area contributed by atoms with Crippen LogP contribution in [0.4, 0.5) is 0 Å². The van der Waals surface area contributed by atoms with E-state index in [9.17, 15) is 0 Å². The van der Waals surface area contributed by atoms with E-state index in [0.29, 0.717) is 6.04 Å². The lowest BCUT2D eigenvalue weighted by molar-refractivity contribution is 0.576. The molecule has 1 atom stereocenters. The molecule has 19 heavy (non-hydrogen) atoms. The summed E-state index contributed by atoms with van der Waals surface area (Å²) in [4.78, 5) is 0. The average Bonchev–Trinajstić information content (AvgIpc) is 2.92. The summed E-state index contributed by atoms with van der Waals surface area (Å²) in [6, 6.07) is 8.73. The molecule has 1 unspecified atom stereocenters. The topological polar surface area (TPSA) is 12.0 Å². The van der Waals surface area contributed by atoms with Gasteiger partial charge in [-0.25, -0.2) is 0 Å². The van der Waals surface area contributed by atoms with Crippen LogP contribution in [-0.4, -0.2) is 17.5 Å². The van der Waals surface area contributed by atoms with Gasteiger partial charge in [-0.2, -0.15) is 11.8 Å². The van der Waals surface area contributed by atoms with Crippen molar-refractivity contribution in [2.45, 2.75) is 50.3 Å². The standard InChI is InChI=1S/C16H24ClNS/c1-2-10-18-16(12-19-15-8-3-4-9-15)13-6-5-7-14(17)11-13/h5-7,11,15-16,18H,2-4,8-10,12H2,1H3. The van der Waals surface area contributed by atoms with Crippen molar-refractivity contribution in [1.82, 2.24) is 5.32 Å². The quantitative estimate of drug-likeness (QED) is 0.755. The van der Waals surface area contributed by atoms with Crippen LogP contribution in [-0.2, 0) is 0 Å². The van der Waals surface area contributed by atoms with Crippen molar-refractivity contribution >= 4 is 23.4 Å². The molecule has 0 spiro atoms. The molecule has 1 aliphatic rings. The van der Waals surface area contributed by atoms with Gasteiger partial charge in [0.15, 0.2) is 0 Å². The van der Waals surface area contributed by atoms with Crippen LogP contribution in [0.15, 0.2) is 24.3 Å². The van der Waals surface area contributed by atoms with Crippen LogP contribution in [0.5, 0.6) is 0 Å². The third kappa shape index (κ3) is 5.02. The summed E-state index contributed by atoms with van der Waals surface area (Å²) in [5.41, 5.74) is 1.33. The van der Waals surface area contributed by atoms with Gasteiger partial charge in [-0.15, -0.1) is 0 Å². The molecule has 2 rings (SSSR count). The van der Waals surface area contributed by atoms with Gasteiger partial charge in [0, 0.05) is 22.1 Å². The Morgan fingerprint density at radius 3 is 2.84 bits per heavy atom. The van der Waals surface area contributed by atoms with Crippen LogP contribution in [0, 0.1) is 0 Å². The molecule has 0 amide bonds. The summed E-state index contributed by atoms with van der Waals surface area (Å²) in [5.74, 6) is 1.16. The minimum atomic E-state index is 0.434. The molecule has 0 bridgehead atoms. The molecule has 1 saturated carbocycles. The normalized spacial score (nSPS) is 17.8. The number of hydrogen-bond donors (Lipinski definition) is 1. The van der Waals surface area contributed by atoms with Gasteiger partial charge >= 0.3 is 0 Å². The maximum atomic E-state index is 6.12. The Bertz CT molecular complexity index is 377. The van der Waals surface area contributed by atoms with Gasteiger partial charge in [-0.05, 0) is 43.5 Å². The van der Waals surface area contributed by atoms with Gasteiger partial charge in [0.2, 0.25) is 0 Å². The second-order valence-corrected chi connectivity index (χ2v) is 7.07. The maximum Gasteiger partial charge on any atom is 0.0412 e. The second-order valence-electron chi connectivity index (χ2n) is 5.30. The summed E-state index contributed by atoms with van der Waals surface area (Å²) in [6.45, 7) is 3.29. The second kappa shape index (κ2) is 8.18. The number of benzene rings is 1. The molecule has 0 heterocycles. The van der Waals surface area contributed by atoms with E-state index in [4.69, 9.17) is 11.6 Å². The number of thioether (sulfide) groups is 1. The number of hydrogen-bond acceptors (Lipinski definition) is 2. The molecule has 0 aromatic heterocycles. The van der Waals surface area contributed by atoms with Gasteiger partial charge in [-0.1, -0.05) is 43.5 Å². The zero-order valence-corrected chi connectivity index (χ0v) is 13.3. The summed E-state index contributed by atoms with van der Waals surface area (Å²) in [5, 5.41) is 5.38. The van der Waals surface area contributed by atoms with E-state index < -0.39 is 0 Å². The molecule has 1 aliphatic carbocycles. The molecule has 0 aliphatic heterocycles. The largest absolute Gasteiger partial charge is 0.309 e. The average molecular weight is 298 g/mol. The summed E-state index contributed by atoms with van der Waals surface area (Å²) in [7, 11) is 0. The van der Waals surface area contributed by atoms with Crippen LogP contribution < -0.4 is 5.32 Å². The van der Waals surface area contributed by atoms with E-state index >= 15 is 0 Å². The molecular formula is C16H24ClNS. The third-order valence-corrected chi connectivity index (χ3v) is 5.40. The minimum Gasteiger partial charge on any atom is -0.309 e. The first kappa shape index (κ1) is 15.2. The Hall–Kier alpha value is -0.180. The van der Waals surface area contributed by atoms with Gasteiger partial charge in [0.05, 0.1) is 0 Å². The Morgan fingerprint density at radius 1 is 1.37 bits per heavy atom. The Kier molecular flexibility index (Phi) is 6.55. The van der Waals surface area contributed by atoms with Crippen molar-refractivity contribution in [2.24, 2.45) is 0 Å². The summed E-state index contributed by atoms with van der Waals surface area (Å²) < 4.78 is 0. The van der Waals surface area contributed by atoms with Crippen LogP contribution >= 0.6 is 23.4 Å². The fraction of sp³-hybridized carbons (Fsp3) is 0.625. The van der Waals surface area contributed by atoms with Crippen molar-refractivity contribution in [3.05, 3.63) is 34.9 Å². The zero-order valence-electron chi connectivity index (χ0n) is 11.7. The van der Waals surface area contributed by atoms with E-state index in [1.54, 1.807) is 0 Å². The summed E-state index contributed by atoms with van der Waals surface area (Å²) >= 11 is 8.25. The minimum absolute atomic E-state index is 0.434. The molecular weight excluding hydrogens is 274 g/mol. The Balaban J connectivity index is 1.94. The van der Waals surface area contributed by atoms with Crippen molar-refractivity contribution < 1.29 is 0 Å². The van der Waals surface area contributed by atoms with E-state index in [1.165, 1.54) is 37.7 Å². The highest BCUT2D eigenvalue weighted by Gasteiger charge is 2.18. The van der Waals surface area contributed by atoms with Gasteiger partial charge in [0.25, 0.3) is 0 Å². The Labute approximate surface area is 126 Å². The van der Waals surface area contributed by atoms with Crippen molar-refractivity contribution in [3.63, 3.8) is 0 Å². The molecule has 1 aromatic rings. The van der Waals surface area contributed by atoms with E-state index in [0.717, 1.165) is 22.6 Å². The predicted octanol–water partition coefficient (Wildman–Crippen LogP) is 5.06. The molecule has 0 saturated heterocycles. The lowest BCUT2D eigenvalue weighted by atomic mass is 10.1. The molecule has 106 valence electrons. The molecule has 3 heteroatoms. The SMILES string of the molecule is CCCNC(CSC1CCCC1)c1cccc(Cl)c1. The number of rotatable bonds is 7. The van der Waals surface area contributed by atoms with Crippen LogP contribution in [0.3, 0.4) is 0 Å². The van der Waals surface area contributed by atoms with E-state index in [1.807, 2.05) is 6.07 Å². The number of nitrogens with one attached hydrogen (secondary N) is 1. The van der Waals surface area contributed by atoms with Gasteiger partial charge < -0.3 is 5.32 Å². The van der Waals surface area contributed by atoms with Crippen molar-refractivity contribution in [3.8, 4) is 0 Å². The first-order valence-corrected chi connectivity index (χ1v) is 8.82. The first-order chi connectivity index (χ1) is 9.29. The molecule has 1 fully saturated rings. The molecule has 1 nitrogen and oxygen atoms in total.